The first-order chi connectivity index (χ1) is 11.9. The number of hydrogen-bond donors (Lipinski definition) is 2. The van der Waals surface area contributed by atoms with Crippen molar-refractivity contribution >= 4 is 38.3 Å². The van der Waals surface area contributed by atoms with Crippen molar-refractivity contribution in [1.82, 2.24) is 0 Å². The van der Waals surface area contributed by atoms with Crippen LogP contribution in [0.5, 0.6) is 0 Å². The van der Waals surface area contributed by atoms with Gasteiger partial charge in [0.1, 0.15) is 0 Å². The second kappa shape index (κ2) is 7.09. The van der Waals surface area contributed by atoms with E-state index in [0.29, 0.717) is 17.9 Å². The van der Waals surface area contributed by atoms with Gasteiger partial charge in [-0.1, -0.05) is 32.0 Å². The van der Waals surface area contributed by atoms with Gasteiger partial charge in [-0.3, -0.25) is 9.52 Å². The van der Waals surface area contributed by atoms with Crippen LogP contribution in [0.3, 0.4) is 0 Å². The average Bonchev–Trinajstić information content (AvgIpc) is 2.73. The van der Waals surface area contributed by atoms with Crippen molar-refractivity contribution in [3.63, 3.8) is 0 Å². The molecule has 132 valence electrons. The normalized spacial score (nSPS) is 17.4. The topological polar surface area (TPSA) is 75.3 Å². The largest absolute Gasteiger partial charge is 0.383 e. The lowest BCUT2D eigenvalue weighted by molar-refractivity contribution is -0.113. The first-order valence-corrected chi connectivity index (χ1v) is 10.4. The van der Waals surface area contributed by atoms with Gasteiger partial charge in [0.15, 0.2) is 5.12 Å². The van der Waals surface area contributed by atoms with E-state index in [1.165, 1.54) is 6.07 Å². The molecule has 0 bridgehead atoms. The lowest BCUT2D eigenvalue weighted by Crippen LogP contribution is -2.16. The molecular formula is C18H20N2O3S2. The molecule has 3 rings (SSSR count). The molecule has 0 saturated carbocycles. The van der Waals surface area contributed by atoms with Crippen molar-refractivity contribution in [3.8, 4) is 0 Å². The molecule has 0 amide bonds. The lowest BCUT2D eigenvalue weighted by Gasteiger charge is -2.13. The zero-order chi connectivity index (χ0) is 18.0. The Morgan fingerprint density at radius 3 is 2.76 bits per heavy atom. The molecule has 1 heterocycles. The second-order valence-corrected chi connectivity index (χ2v) is 8.71. The number of carbonyl (C=O) groups excluding carboxylic acids is 1. The van der Waals surface area contributed by atoms with Crippen molar-refractivity contribution in [1.29, 1.82) is 0 Å². The van der Waals surface area contributed by atoms with E-state index in [1.54, 1.807) is 24.3 Å². The molecule has 0 aromatic heterocycles. The minimum Gasteiger partial charge on any atom is -0.383 e. The van der Waals surface area contributed by atoms with E-state index >= 15 is 0 Å². The van der Waals surface area contributed by atoms with E-state index in [-0.39, 0.29) is 15.9 Å². The number of fused-ring (bicyclic) bond motifs is 1. The Bertz CT molecular complexity index is 910. The Balaban J connectivity index is 1.92. The lowest BCUT2D eigenvalue weighted by atomic mass is 10.1. The van der Waals surface area contributed by atoms with Crippen LogP contribution in [0.4, 0.5) is 11.4 Å². The number of rotatable bonds is 4. The molecular weight excluding hydrogens is 356 g/mol. The molecule has 1 unspecified atom stereocenters. The van der Waals surface area contributed by atoms with E-state index < -0.39 is 10.0 Å². The molecule has 7 heteroatoms. The van der Waals surface area contributed by atoms with Crippen molar-refractivity contribution in [2.24, 2.45) is 5.92 Å². The SMILES string of the molecule is CCc1ccccc1NS(=O)(=O)c1ccc2c(c1)NCC(C)C(=O)S2. The standard InChI is InChI=1S/C18H20N2O3S2/c1-3-13-6-4-5-7-15(13)20-25(22,23)14-8-9-17-16(10-14)19-11-12(2)18(21)24-17/h4-10,12,19-20H,3,11H2,1-2H3. The molecule has 0 spiro atoms. The summed E-state index contributed by atoms with van der Waals surface area (Å²) in [5.41, 5.74) is 2.20. The zero-order valence-electron chi connectivity index (χ0n) is 14.1. The van der Waals surface area contributed by atoms with E-state index in [1.807, 2.05) is 26.0 Å². The highest BCUT2D eigenvalue weighted by Crippen LogP contribution is 2.35. The number of thioether (sulfide) groups is 1. The minimum atomic E-state index is -3.70. The Kier molecular flexibility index (Phi) is 5.06. The molecule has 2 aromatic carbocycles. The summed E-state index contributed by atoms with van der Waals surface area (Å²) in [5.74, 6) is -0.119. The second-order valence-electron chi connectivity index (χ2n) is 5.98. The number of benzene rings is 2. The Hall–Kier alpha value is -1.99. The maximum atomic E-state index is 12.8. The third-order valence-electron chi connectivity index (χ3n) is 4.12. The molecule has 0 aliphatic carbocycles. The van der Waals surface area contributed by atoms with Gasteiger partial charge in [-0.15, -0.1) is 0 Å². The quantitative estimate of drug-likeness (QED) is 0.850. The smallest absolute Gasteiger partial charge is 0.261 e. The van der Waals surface area contributed by atoms with Crippen molar-refractivity contribution in [2.75, 3.05) is 16.6 Å². The van der Waals surface area contributed by atoms with E-state index in [9.17, 15) is 13.2 Å². The summed E-state index contributed by atoms with van der Waals surface area (Å²) in [4.78, 5) is 12.9. The predicted octanol–water partition coefficient (Wildman–Crippen LogP) is 3.73. The molecule has 5 nitrogen and oxygen atoms in total. The van der Waals surface area contributed by atoms with Crippen LogP contribution in [0.1, 0.15) is 19.4 Å². The molecule has 2 aromatic rings. The van der Waals surface area contributed by atoms with Gasteiger partial charge in [0.25, 0.3) is 10.0 Å². The summed E-state index contributed by atoms with van der Waals surface area (Å²) in [6.07, 6.45) is 0.737. The van der Waals surface area contributed by atoms with Crippen LogP contribution in [-0.2, 0) is 21.2 Å². The number of nitrogens with one attached hydrogen (secondary N) is 2. The zero-order valence-corrected chi connectivity index (χ0v) is 15.7. The first-order valence-electron chi connectivity index (χ1n) is 8.11. The summed E-state index contributed by atoms with van der Waals surface area (Å²) in [6, 6.07) is 12.2. The molecule has 0 fully saturated rings. The van der Waals surface area contributed by atoms with Crippen LogP contribution in [0.25, 0.3) is 0 Å². The van der Waals surface area contributed by atoms with Crippen LogP contribution < -0.4 is 10.0 Å². The van der Waals surface area contributed by atoms with Crippen molar-refractivity contribution < 1.29 is 13.2 Å². The number of para-hydroxylation sites is 1. The molecule has 1 aliphatic rings. The van der Waals surface area contributed by atoms with Gasteiger partial charge < -0.3 is 5.32 Å². The third kappa shape index (κ3) is 3.82. The molecule has 0 saturated heterocycles. The molecule has 2 N–H and O–H groups in total. The first kappa shape index (κ1) is 17.8. The van der Waals surface area contributed by atoms with Gasteiger partial charge in [-0.05, 0) is 48.0 Å². The van der Waals surface area contributed by atoms with E-state index in [4.69, 9.17) is 0 Å². The monoisotopic (exact) mass is 376 g/mol. The van der Waals surface area contributed by atoms with Crippen LogP contribution in [0.2, 0.25) is 0 Å². The predicted molar refractivity (Wildman–Crippen MR) is 102 cm³/mol. The van der Waals surface area contributed by atoms with Crippen molar-refractivity contribution in [2.45, 2.75) is 30.1 Å². The van der Waals surface area contributed by atoms with Crippen LogP contribution in [0.15, 0.2) is 52.3 Å². The Morgan fingerprint density at radius 1 is 1.24 bits per heavy atom. The Morgan fingerprint density at radius 2 is 2.00 bits per heavy atom. The summed E-state index contributed by atoms with van der Waals surface area (Å²) < 4.78 is 28.2. The number of anilines is 2. The number of hydrogen-bond acceptors (Lipinski definition) is 5. The number of carbonyl (C=O) groups is 1. The molecule has 0 radical (unpaired) electrons. The van der Waals surface area contributed by atoms with Gasteiger partial charge >= 0.3 is 0 Å². The maximum Gasteiger partial charge on any atom is 0.261 e. The molecule has 1 atom stereocenters. The third-order valence-corrected chi connectivity index (χ3v) is 6.66. The van der Waals surface area contributed by atoms with Gasteiger partial charge in [0.2, 0.25) is 0 Å². The number of sulfonamides is 1. The van der Waals surface area contributed by atoms with Gasteiger partial charge in [0.05, 0.1) is 10.6 Å². The Labute approximate surface area is 152 Å². The van der Waals surface area contributed by atoms with Gasteiger partial charge in [-0.25, -0.2) is 8.42 Å². The minimum absolute atomic E-state index is 0.0804. The summed E-state index contributed by atoms with van der Waals surface area (Å²) >= 11 is 1.15. The fraction of sp³-hybridized carbons (Fsp3) is 0.278. The van der Waals surface area contributed by atoms with Crippen molar-refractivity contribution in [3.05, 3.63) is 48.0 Å². The fourth-order valence-electron chi connectivity index (χ4n) is 2.59. The fourth-order valence-corrected chi connectivity index (χ4v) is 4.60. The van der Waals surface area contributed by atoms with Gasteiger partial charge in [0, 0.05) is 23.0 Å². The number of aryl methyl sites for hydroxylation is 1. The highest BCUT2D eigenvalue weighted by atomic mass is 32.2. The van der Waals surface area contributed by atoms with Crippen LogP contribution >= 0.6 is 11.8 Å². The average molecular weight is 377 g/mol. The van der Waals surface area contributed by atoms with E-state index in [2.05, 4.69) is 10.0 Å². The highest BCUT2D eigenvalue weighted by molar-refractivity contribution is 8.13. The molecule has 25 heavy (non-hydrogen) atoms. The summed E-state index contributed by atoms with van der Waals surface area (Å²) in [6.45, 7) is 4.33. The van der Waals surface area contributed by atoms with Crippen LogP contribution in [0, 0.1) is 5.92 Å². The summed E-state index contributed by atoms with van der Waals surface area (Å²) in [7, 11) is -3.70. The molecule has 1 aliphatic heterocycles. The van der Waals surface area contributed by atoms with Gasteiger partial charge in [-0.2, -0.15) is 0 Å². The van der Waals surface area contributed by atoms with E-state index in [0.717, 1.165) is 28.6 Å². The van der Waals surface area contributed by atoms with Crippen LogP contribution in [-0.4, -0.2) is 20.1 Å². The maximum absolute atomic E-state index is 12.8. The highest BCUT2D eigenvalue weighted by Gasteiger charge is 2.23. The summed E-state index contributed by atoms with van der Waals surface area (Å²) in [5, 5.41) is 3.25.